The topological polar surface area (TPSA) is 56.6 Å². The zero-order valence-corrected chi connectivity index (χ0v) is 16.0. The Morgan fingerprint density at radius 2 is 2.00 bits per heavy atom. The van der Waals surface area contributed by atoms with E-state index >= 15 is 0 Å². The van der Waals surface area contributed by atoms with Crippen LogP contribution in [0.5, 0.6) is 0 Å². The molecule has 1 atom stereocenters. The molecule has 0 bridgehead atoms. The van der Waals surface area contributed by atoms with Crippen molar-refractivity contribution in [2.75, 3.05) is 26.2 Å². The van der Waals surface area contributed by atoms with Crippen molar-refractivity contribution in [3.05, 3.63) is 71.0 Å². The highest BCUT2D eigenvalue weighted by molar-refractivity contribution is 5.78. The number of nitriles is 1. The summed E-state index contributed by atoms with van der Waals surface area (Å²) in [6.07, 6.45) is 0.0351. The summed E-state index contributed by atoms with van der Waals surface area (Å²) in [7, 11) is 0. The Hall–Kier alpha value is -2.75. The monoisotopic (exact) mass is 381 g/mol. The summed E-state index contributed by atoms with van der Waals surface area (Å²) >= 11 is 0. The van der Waals surface area contributed by atoms with E-state index in [1.807, 2.05) is 34.9 Å². The normalized spacial score (nSPS) is 16.8. The van der Waals surface area contributed by atoms with E-state index in [1.165, 1.54) is 12.1 Å². The van der Waals surface area contributed by atoms with Gasteiger partial charge in [0, 0.05) is 26.2 Å². The van der Waals surface area contributed by atoms with Crippen molar-refractivity contribution in [1.29, 1.82) is 5.26 Å². The Balaban J connectivity index is 1.72. The lowest BCUT2D eigenvalue weighted by Gasteiger charge is -2.33. The molecule has 1 aliphatic heterocycles. The Morgan fingerprint density at radius 3 is 2.68 bits per heavy atom. The van der Waals surface area contributed by atoms with Crippen molar-refractivity contribution in [2.45, 2.75) is 26.1 Å². The Morgan fingerprint density at radius 1 is 1.25 bits per heavy atom. The minimum Gasteiger partial charge on any atom is -0.375 e. The van der Waals surface area contributed by atoms with Crippen molar-refractivity contribution in [2.24, 2.45) is 0 Å². The number of carbonyl (C=O) groups is 1. The van der Waals surface area contributed by atoms with E-state index in [4.69, 9.17) is 10.00 Å². The van der Waals surface area contributed by atoms with Crippen LogP contribution in [0.4, 0.5) is 4.39 Å². The van der Waals surface area contributed by atoms with Crippen molar-refractivity contribution in [3.8, 4) is 6.07 Å². The lowest BCUT2D eigenvalue weighted by Crippen LogP contribution is -2.48. The van der Waals surface area contributed by atoms with Gasteiger partial charge in [0.1, 0.15) is 5.82 Å². The molecule has 0 aromatic heterocycles. The molecule has 0 radical (unpaired) electrons. The fourth-order valence-corrected chi connectivity index (χ4v) is 3.34. The minimum atomic E-state index is -0.288. The predicted octanol–water partition coefficient (Wildman–Crippen LogP) is 2.95. The Labute approximate surface area is 164 Å². The van der Waals surface area contributed by atoms with Crippen LogP contribution >= 0.6 is 0 Å². The third kappa shape index (κ3) is 5.62. The van der Waals surface area contributed by atoms with Gasteiger partial charge < -0.3 is 9.64 Å². The van der Waals surface area contributed by atoms with Gasteiger partial charge in [-0.25, -0.2) is 4.39 Å². The highest BCUT2D eigenvalue weighted by Gasteiger charge is 2.23. The molecular weight excluding hydrogens is 357 g/mol. The summed E-state index contributed by atoms with van der Waals surface area (Å²) in [6.45, 7) is 4.92. The van der Waals surface area contributed by atoms with Gasteiger partial charge in [-0.1, -0.05) is 24.3 Å². The molecule has 0 saturated carbocycles. The Kier molecular flexibility index (Phi) is 6.75. The van der Waals surface area contributed by atoms with E-state index in [-0.39, 0.29) is 24.4 Å². The average molecular weight is 381 g/mol. The first kappa shape index (κ1) is 20.0. The second kappa shape index (κ2) is 9.45. The van der Waals surface area contributed by atoms with Crippen molar-refractivity contribution in [1.82, 2.24) is 9.80 Å². The number of carbonyl (C=O) groups excluding carboxylic acids is 1. The van der Waals surface area contributed by atoms with Gasteiger partial charge >= 0.3 is 0 Å². The maximum Gasteiger partial charge on any atom is 0.236 e. The van der Waals surface area contributed by atoms with E-state index < -0.39 is 0 Å². The summed E-state index contributed by atoms with van der Waals surface area (Å²) in [5, 5.41) is 8.96. The number of ether oxygens (including phenoxy) is 1. The molecule has 28 heavy (non-hydrogen) atoms. The van der Waals surface area contributed by atoms with Gasteiger partial charge in [-0.2, -0.15) is 5.26 Å². The smallest absolute Gasteiger partial charge is 0.236 e. The van der Waals surface area contributed by atoms with Crippen molar-refractivity contribution in [3.63, 3.8) is 0 Å². The summed E-state index contributed by atoms with van der Waals surface area (Å²) < 4.78 is 19.1. The third-order valence-electron chi connectivity index (χ3n) is 4.74. The molecule has 6 heteroatoms. The number of rotatable bonds is 6. The van der Waals surface area contributed by atoms with Gasteiger partial charge in [-0.05, 0) is 42.3 Å². The number of amides is 1. The molecule has 2 aromatic rings. The van der Waals surface area contributed by atoms with Crippen LogP contribution in [0.3, 0.4) is 0 Å². The molecule has 1 aliphatic rings. The number of morpholine rings is 1. The van der Waals surface area contributed by atoms with E-state index in [0.29, 0.717) is 38.3 Å². The summed E-state index contributed by atoms with van der Waals surface area (Å²) in [5.74, 6) is -0.246. The molecule has 1 saturated heterocycles. The zero-order chi connectivity index (χ0) is 19.9. The molecule has 146 valence electrons. The van der Waals surface area contributed by atoms with Crippen LogP contribution < -0.4 is 0 Å². The maximum absolute atomic E-state index is 13.6. The molecule has 2 aromatic carbocycles. The second-order valence-electron chi connectivity index (χ2n) is 7.10. The number of nitrogens with zero attached hydrogens (tertiary/aromatic N) is 3. The first-order chi connectivity index (χ1) is 13.5. The first-order valence-corrected chi connectivity index (χ1v) is 9.38. The maximum atomic E-state index is 13.6. The average Bonchev–Trinajstić information content (AvgIpc) is 2.68. The van der Waals surface area contributed by atoms with E-state index in [9.17, 15) is 9.18 Å². The molecule has 1 heterocycles. The van der Waals surface area contributed by atoms with Crippen molar-refractivity contribution < 1.29 is 13.9 Å². The van der Waals surface area contributed by atoms with Crippen LogP contribution in [0.1, 0.15) is 23.6 Å². The number of hydrogen-bond acceptors (Lipinski definition) is 4. The quantitative estimate of drug-likeness (QED) is 0.772. The lowest BCUT2D eigenvalue weighted by molar-refractivity contribution is -0.139. The molecule has 0 aliphatic carbocycles. The largest absolute Gasteiger partial charge is 0.375 e. The van der Waals surface area contributed by atoms with Gasteiger partial charge in [-0.15, -0.1) is 0 Å². The summed E-state index contributed by atoms with van der Waals surface area (Å²) in [6, 6.07) is 15.8. The van der Waals surface area contributed by atoms with Gasteiger partial charge in [0.05, 0.1) is 30.9 Å². The van der Waals surface area contributed by atoms with Crippen LogP contribution in [-0.4, -0.2) is 48.1 Å². The van der Waals surface area contributed by atoms with Crippen LogP contribution in [0.15, 0.2) is 48.5 Å². The molecule has 3 rings (SSSR count). The van der Waals surface area contributed by atoms with Gasteiger partial charge in [0.15, 0.2) is 0 Å². The standard InChI is InChI=1S/C22H24FN3O2/c1-17-13-26(9-10-28-17)22(27)16-25(15-20-3-2-4-21(23)11-20)14-19-7-5-18(12-24)6-8-19/h2-8,11,17H,9-10,13-16H2,1H3. The van der Waals surface area contributed by atoms with Gasteiger partial charge in [0.2, 0.25) is 5.91 Å². The molecule has 1 amide bonds. The summed E-state index contributed by atoms with van der Waals surface area (Å²) in [5.41, 5.74) is 2.41. The fraction of sp³-hybridized carbons (Fsp3) is 0.364. The molecule has 1 unspecified atom stereocenters. The number of halogens is 1. The lowest BCUT2D eigenvalue weighted by atomic mass is 10.1. The molecule has 0 spiro atoms. The predicted molar refractivity (Wildman–Crippen MR) is 104 cm³/mol. The fourth-order valence-electron chi connectivity index (χ4n) is 3.34. The van der Waals surface area contributed by atoms with E-state index in [2.05, 4.69) is 6.07 Å². The highest BCUT2D eigenvalue weighted by atomic mass is 19.1. The summed E-state index contributed by atoms with van der Waals surface area (Å²) in [4.78, 5) is 16.6. The molecule has 5 nitrogen and oxygen atoms in total. The van der Waals surface area contributed by atoms with Crippen LogP contribution in [0.25, 0.3) is 0 Å². The number of hydrogen-bond donors (Lipinski definition) is 0. The van der Waals surface area contributed by atoms with Gasteiger partial charge in [0.25, 0.3) is 0 Å². The SMILES string of the molecule is CC1CN(C(=O)CN(Cc2ccc(C#N)cc2)Cc2cccc(F)c2)CCO1. The molecular formula is C22H24FN3O2. The first-order valence-electron chi connectivity index (χ1n) is 9.38. The highest BCUT2D eigenvalue weighted by Crippen LogP contribution is 2.14. The third-order valence-corrected chi connectivity index (χ3v) is 4.74. The van der Waals surface area contributed by atoms with E-state index in [1.54, 1.807) is 18.2 Å². The van der Waals surface area contributed by atoms with Crippen LogP contribution in [-0.2, 0) is 22.6 Å². The Bertz CT molecular complexity index is 848. The van der Waals surface area contributed by atoms with E-state index in [0.717, 1.165) is 11.1 Å². The molecule has 1 fully saturated rings. The number of benzene rings is 2. The zero-order valence-electron chi connectivity index (χ0n) is 16.0. The molecule has 0 N–H and O–H groups in total. The van der Waals surface area contributed by atoms with Gasteiger partial charge in [-0.3, -0.25) is 9.69 Å². The second-order valence-corrected chi connectivity index (χ2v) is 7.10. The van der Waals surface area contributed by atoms with Crippen molar-refractivity contribution >= 4 is 5.91 Å². The van der Waals surface area contributed by atoms with Crippen LogP contribution in [0.2, 0.25) is 0 Å². The van der Waals surface area contributed by atoms with Crippen LogP contribution in [0, 0.1) is 17.1 Å². The minimum absolute atomic E-state index is 0.0351.